The van der Waals surface area contributed by atoms with Gasteiger partial charge in [0.05, 0.1) is 5.69 Å². The van der Waals surface area contributed by atoms with Gasteiger partial charge in [0.25, 0.3) is 0 Å². The summed E-state index contributed by atoms with van der Waals surface area (Å²) >= 11 is 0. The zero-order valence-corrected chi connectivity index (χ0v) is 19.4. The fraction of sp³-hybridized carbons (Fsp3) is 0.455. The molecule has 0 heterocycles. The van der Waals surface area contributed by atoms with Gasteiger partial charge in [-0.25, -0.2) is 4.79 Å². The molecule has 1 rings (SSSR count). The van der Waals surface area contributed by atoms with Gasteiger partial charge in [0.1, 0.15) is 24.3 Å². The number of hydrogen-bond donors (Lipinski definition) is 4. The maximum atomic E-state index is 12.6. The van der Waals surface area contributed by atoms with Crippen LogP contribution in [-0.4, -0.2) is 46.8 Å². The van der Waals surface area contributed by atoms with Gasteiger partial charge in [-0.3, -0.25) is 19.6 Å². The number of carbonyl (C=O) groups excluding carboxylic acids is 4. The fourth-order valence-corrected chi connectivity index (χ4v) is 2.62. The minimum atomic E-state index is -1.18. The second-order valence-electron chi connectivity index (χ2n) is 8.33. The average Bonchev–Trinajstić information content (AvgIpc) is 2.73. The van der Waals surface area contributed by atoms with Crippen LogP contribution in [0, 0.1) is 5.21 Å². The summed E-state index contributed by atoms with van der Waals surface area (Å²) < 4.78 is 10.2. The van der Waals surface area contributed by atoms with Crippen LogP contribution < -0.4 is 21.6 Å². The molecule has 2 unspecified atom stereocenters. The predicted octanol–water partition coefficient (Wildman–Crippen LogP) is 1.64. The maximum Gasteiger partial charge on any atom is 0.408 e. The number of hydrogen-bond acceptors (Lipinski definition) is 9. The molecule has 0 saturated heterocycles. The van der Waals surface area contributed by atoms with Crippen molar-refractivity contribution in [1.29, 1.82) is 0 Å². The Morgan fingerprint density at radius 2 is 1.79 bits per heavy atom. The first-order chi connectivity index (χ1) is 15.8. The number of nitrogens with two attached hydrogens (primary N) is 1. The van der Waals surface area contributed by atoms with Gasteiger partial charge in [-0.15, -0.1) is 6.58 Å². The lowest BCUT2D eigenvalue weighted by Crippen LogP contribution is -2.53. The molecule has 0 bridgehead atoms. The topological polar surface area (TPSA) is 183 Å². The minimum absolute atomic E-state index is 0.0195. The molecule has 1 aromatic carbocycles. The van der Waals surface area contributed by atoms with E-state index in [1.165, 1.54) is 30.3 Å². The Hall–Kier alpha value is -3.64. The van der Waals surface area contributed by atoms with Crippen LogP contribution in [0.4, 0.5) is 10.5 Å². The summed E-state index contributed by atoms with van der Waals surface area (Å²) in [4.78, 5) is 48.4. The third-order valence-corrected chi connectivity index (χ3v) is 4.26. The molecule has 12 heteroatoms. The zero-order chi connectivity index (χ0) is 25.9. The first-order valence-corrected chi connectivity index (χ1v) is 10.4. The number of amides is 3. The van der Waals surface area contributed by atoms with Crippen LogP contribution in [-0.2, 0) is 30.5 Å². The SMILES string of the molecule is C=CCC(NC(=O)OC(C)(C)C)C(=O)NC(CCC(=O)OCc1ccc(N([O-])O)cc1)C(N)=O. The first kappa shape index (κ1) is 28.4. The molecule has 3 amide bonds. The molecule has 0 spiro atoms. The lowest BCUT2D eigenvalue weighted by Gasteiger charge is -2.24. The Balaban J connectivity index is 2.61. The van der Waals surface area contributed by atoms with E-state index in [4.69, 9.17) is 20.4 Å². The predicted molar refractivity (Wildman–Crippen MR) is 122 cm³/mol. The van der Waals surface area contributed by atoms with Crippen LogP contribution in [0.3, 0.4) is 0 Å². The third-order valence-electron chi connectivity index (χ3n) is 4.26. The summed E-state index contributed by atoms with van der Waals surface area (Å²) in [5.74, 6) is -2.21. The van der Waals surface area contributed by atoms with Crippen LogP contribution in [0.25, 0.3) is 0 Å². The van der Waals surface area contributed by atoms with E-state index >= 15 is 0 Å². The normalized spacial score (nSPS) is 12.6. The van der Waals surface area contributed by atoms with Crippen LogP contribution in [0.2, 0.25) is 0 Å². The molecule has 0 fully saturated rings. The Kier molecular flexibility index (Phi) is 11.0. The highest BCUT2D eigenvalue weighted by atomic mass is 16.8. The molecule has 0 aliphatic carbocycles. The summed E-state index contributed by atoms with van der Waals surface area (Å²) in [5, 5.41) is 24.1. The van der Waals surface area contributed by atoms with Crippen LogP contribution in [0.15, 0.2) is 36.9 Å². The third kappa shape index (κ3) is 10.8. The Bertz CT molecular complexity index is 865. The number of esters is 1. The highest BCUT2D eigenvalue weighted by Crippen LogP contribution is 2.14. The van der Waals surface area contributed by atoms with Crippen LogP contribution in [0.5, 0.6) is 0 Å². The van der Waals surface area contributed by atoms with E-state index in [0.717, 1.165) is 0 Å². The van der Waals surface area contributed by atoms with Crippen LogP contribution >= 0.6 is 0 Å². The van der Waals surface area contributed by atoms with Crippen molar-refractivity contribution in [3.8, 4) is 0 Å². The summed E-state index contributed by atoms with van der Waals surface area (Å²) in [5.41, 5.74) is 5.16. The van der Waals surface area contributed by atoms with Crippen molar-refractivity contribution in [2.75, 3.05) is 5.23 Å². The number of anilines is 1. The van der Waals surface area contributed by atoms with Crippen molar-refractivity contribution in [3.63, 3.8) is 0 Å². The van der Waals surface area contributed by atoms with E-state index in [1.807, 2.05) is 0 Å². The van der Waals surface area contributed by atoms with Crippen LogP contribution in [0.1, 0.15) is 45.6 Å². The highest BCUT2D eigenvalue weighted by Gasteiger charge is 2.27. The molecule has 5 N–H and O–H groups in total. The number of benzene rings is 1. The smallest absolute Gasteiger partial charge is 0.408 e. The van der Waals surface area contributed by atoms with Gasteiger partial charge in [0, 0.05) is 6.42 Å². The summed E-state index contributed by atoms with van der Waals surface area (Å²) in [6.45, 7) is 8.45. The van der Waals surface area contributed by atoms with Gasteiger partial charge < -0.3 is 36.3 Å². The molecular formula is C22H31N4O8-. The van der Waals surface area contributed by atoms with Crippen molar-refractivity contribution < 1.29 is 33.9 Å². The van der Waals surface area contributed by atoms with E-state index in [9.17, 15) is 24.4 Å². The number of carbonyl (C=O) groups is 4. The summed E-state index contributed by atoms with van der Waals surface area (Å²) in [6.07, 6.45) is 0.325. The highest BCUT2D eigenvalue weighted by molar-refractivity contribution is 5.91. The quantitative estimate of drug-likeness (QED) is 0.197. The van der Waals surface area contributed by atoms with Gasteiger partial charge in [0.15, 0.2) is 0 Å². The van der Waals surface area contributed by atoms with E-state index in [1.54, 1.807) is 20.8 Å². The first-order valence-electron chi connectivity index (χ1n) is 10.4. The van der Waals surface area contributed by atoms with Crippen molar-refractivity contribution in [2.45, 2.75) is 64.3 Å². The standard InChI is InChI=1S/C22H31N4O8/c1-5-6-17(25-21(30)34-22(2,3)4)20(29)24-16(19(23)28)11-12-18(27)33-13-14-7-9-15(10-8-14)26(31)32/h5,7-10,16-17,31H,1,6,11-13H2,2-4H3,(H2,23,28)(H,24,29)(H,25,30)/q-1. The number of ether oxygens (including phenoxy) is 2. The van der Waals surface area contributed by atoms with Gasteiger partial charge in [-0.05, 0) is 51.3 Å². The molecule has 0 aliphatic rings. The summed E-state index contributed by atoms with van der Waals surface area (Å²) in [7, 11) is 0. The molecule has 12 nitrogen and oxygen atoms in total. The number of nitrogens with zero attached hydrogens (tertiary/aromatic N) is 1. The van der Waals surface area contributed by atoms with Gasteiger partial charge in [-0.2, -0.15) is 0 Å². The number of nitrogens with one attached hydrogen (secondary N) is 2. The molecular weight excluding hydrogens is 448 g/mol. The van der Waals surface area contributed by atoms with E-state index in [-0.39, 0.29) is 36.8 Å². The lowest BCUT2D eigenvalue weighted by molar-refractivity contribution is -0.145. The summed E-state index contributed by atoms with van der Waals surface area (Å²) in [6, 6.07) is 3.44. The Labute approximate surface area is 197 Å². The minimum Gasteiger partial charge on any atom is -0.733 e. The van der Waals surface area contributed by atoms with Crippen molar-refractivity contribution in [3.05, 3.63) is 47.7 Å². The Morgan fingerprint density at radius 1 is 1.18 bits per heavy atom. The monoisotopic (exact) mass is 479 g/mol. The van der Waals surface area contributed by atoms with Crippen molar-refractivity contribution in [2.24, 2.45) is 5.73 Å². The second-order valence-corrected chi connectivity index (χ2v) is 8.33. The lowest BCUT2D eigenvalue weighted by atomic mass is 10.1. The van der Waals surface area contributed by atoms with Gasteiger partial charge in [-0.1, -0.05) is 18.2 Å². The molecule has 0 aromatic heterocycles. The molecule has 188 valence electrons. The van der Waals surface area contributed by atoms with E-state index in [0.29, 0.717) is 5.56 Å². The molecule has 34 heavy (non-hydrogen) atoms. The molecule has 1 aromatic rings. The number of primary amides is 1. The molecule has 0 radical (unpaired) electrons. The number of rotatable bonds is 12. The van der Waals surface area contributed by atoms with Gasteiger partial charge >= 0.3 is 12.1 Å². The molecule has 0 saturated carbocycles. The van der Waals surface area contributed by atoms with E-state index < -0.39 is 41.6 Å². The Morgan fingerprint density at radius 3 is 2.29 bits per heavy atom. The molecule has 0 aliphatic heterocycles. The molecule has 2 atom stereocenters. The zero-order valence-electron chi connectivity index (χ0n) is 19.4. The maximum absolute atomic E-state index is 12.6. The fourth-order valence-electron chi connectivity index (χ4n) is 2.62. The number of alkyl carbamates (subject to hydrolysis) is 1. The van der Waals surface area contributed by atoms with Gasteiger partial charge in [0.2, 0.25) is 11.8 Å². The van der Waals surface area contributed by atoms with Crippen molar-refractivity contribution in [1.82, 2.24) is 10.6 Å². The largest absolute Gasteiger partial charge is 0.733 e. The second kappa shape index (κ2) is 13.2. The van der Waals surface area contributed by atoms with Crippen molar-refractivity contribution >= 4 is 29.6 Å². The average molecular weight is 480 g/mol. The van der Waals surface area contributed by atoms with E-state index in [2.05, 4.69) is 17.2 Å².